The lowest BCUT2D eigenvalue weighted by atomic mass is 9.33. The summed E-state index contributed by atoms with van der Waals surface area (Å²) in [7, 11) is 18.6. The summed E-state index contributed by atoms with van der Waals surface area (Å²) in [6.07, 6.45) is 0. The van der Waals surface area contributed by atoms with Crippen molar-refractivity contribution in [3.63, 3.8) is 0 Å². The first-order chi connectivity index (χ1) is 56.1. The summed E-state index contributed by atoms with van der Waals surface area (Å²) in [4.78, 5) is 7.50. The minimum Gasteiger partial charge on any atom is -0.311 e. The molecule has 16 heteroatoms. The van der Waals surface area contributed by atoms with Gasteiger partial charge >= 0.3 is 0 Å². The molecule has 2 aliphatic heterocycles. The first-order valence-corrected chi connectivity index (χ1v) is 40.5. The van der Waals surface area contributed by atoms with Crippen LogP contribution in [0.15, 0.2) is 291 Å². The zero-order chi connectivity index (χ0) is 80.1. The molecule has 544 valence electrons. The molecule has 0 bridgehead atoms. The van der Waals surface area contributed by atoms with Gasteiger partial charge in [-0.25, -0.2) is 0 Å². The van der Waals surface area contributed by atoms with Crippen LogP contribution in [0.25, 0.3) is 99.5 Å². The van der Waals surface area contributed by atoms with E-state index in [1.807, 2.05) is 12.1 Å². The van der Waals surface area contributed by atoms with Crippen LogP contribution in [0.1, 0.15) is 63.8 Å². The van der Waals surface area contributed by atoms with Crippen LogP contribution in [0.3, 0.4) is 0 Å². The second-order valence-electron chi connectivity index (χ2n) is 34.1. The molecule has 116 heavy (non-hydrogen) atoms. The van der Waals surface area contributed by atoms with Gasteiger partial charge in [-0.05, 0) is 199 Å². The summed E-state index contributed by atoms with van der Waals surface area (Å²) in [6, 6.07) is 112. The number of hydrogen-bond acceptors (Lipinski definition) is 5. The van der Waals surface area contributed by atoms with Crippen LogP contribution in [0.4, 0.5) is 51.2 Å². The lowest BCUT2D eigenvalue weighted by Crippen LogP contribution is -2.61. The van der Waals surface area contributed by atoms with E-state index in [1.54, 1.807) is 0 Å². The number of nitriles is 2. The van der Waals surface area contributed by atoms with Crippen LogP contribution in [-0.2, 0) is 10.8 Å². The van der Waals surface area contributed by atoms with Crippen LogP contribution in [0.2, 0.25) is 0 Å². The molecule has 0 unspecified atom stereocenters. The Kier molecular flexibility index (Phi) is 17.5. The molecule has 19 rings (SSSR count). The fourth-order valence-corrected chi connectivity index (χ4v) is 19.0. The van der Waals surface area contributed by atoms with Crippen molar-refractivity contribution in [1.29, 1.82) is 10.5 Å². The van der Waals surface area contributed by atoms with E-state index in [1.165, 1.54) is 76.6 Å². The second kappa shape index (κ2) is 27.9. The molecule has 0 aliphatic carbocycles. The van der Waals surface area contributed by atoms with Gasteiger partial charge in [0.15, 0.2) is 0 Å². The van der Waals surface area contributed by atoms with Gasteiger partial charge in [0, 0.05) is 89.6 Å². The number of benzene rings is 15. The third-order valence-electron chi connectivity index (χ3n) is 25.7. The summed E-state index contributed by atoms with van der Waals surface area (Å²) in [5.41, 5.74) is 40.3. The Morgan fingerprint density at radius 1 is 0.328 bits per heavy atom. The Balaban J connectivity index is 0.995. The molecule has 2 aromatic heterocycles. The summed E-state index contributed by atoms with van der Waals surface area (Å²) in [6.45, 7) is 13.5. The number of rotatable bonds is 11. The monoisotopic (exact) mass is 1480 g/mol. The van der Waals surface area contributed by atoms with Crippen LogP contribution >= 0.6 is 0 Å². The van der Waals surface area contributed by atoms with E-state index in [-0.39, 0.29) is 17.5 Å². The fraction of sp³-hybridized carbons (Fsp3) is 0.0800. The largest absolute Gasteiger partial charge is 0.311 e. The highest BCUT2D eigenvalue weighted by molar-refractivity contribution is 7.00. The molecule has 0 fully saturated rings. The third kappa shape index (κ3) is 11.6. The summed E-state index contributed by atoms with van der Waals surface area (Å²) >= 11 is 0. The highest BCUT2D eigenvalue weighted by Crippen LogP contribution is 2.53. The number of nitrogens with zero attached hydrogens (tertiary/aromatic N) is 7. The zero-order valence-electron chi connectivity index (χ0n) is 68.4. The van der Waals surface area contributed by atoms with E-state index in [0.29, 0.717) is 11.1 Å². The minimum atomic E-state index is -0.381. The van der Waals surface area contributed by atoms with Gasteiger partial charge in [0.05, 0.1) is 51.4 Å². The molecule has 7 nitrogen and oxygen atoms in total. The fourth-order valence-electron chi connectivity index (χ4n) is 19.0. The van der Waals surface area contributed by atoms with Crippen LogP contribution in [0.5, 0.6) is 0 Å². The quantitative estimate of drug-likeness (QED) is 0.121. The number of anilines is 9. The number of aromatic nitrogens is 2. The van der Waals surface area contributed by atoms with E-state index in [9.17, 15) is 10.5 Å². The van der Waals surface area contributed by atoms with Crippen molar-refractivity contribution in [2.24, 2.45) is 0 Å². The minimum absolute atomic E-state index is 0.204. The molecule has 0 N–H and O–H groups in total. The average molecular weight is 1480 g/mol. The second-order valence-corrected chi connectivity index (χ2v) is 34.1. The first kappa shape index (κ1) is 73.1. The Morgan fingerprint density at radius 2 is 0.767 bits per heavy atom. The van der Waals surface area contributed by atoms with Crippen molar-refractivity contribution in [3.8, 4) is 68.0 Å². The Labute approximate surface area is 687 Å². The van der Waals surface area contributed by atoms with Crippen molar-refractivity contribution >= 4 is 224 Å². The van der Waals surface area contributed by atoms with Gasteiger partial charge < -0.3 is 23.8 Å². The topological polar surface area (TPSA) is 67.2 Å². The van der Waals surface area contributed by atoms with Gasteiger partial charge in [-0.15, -0.1) is 10.9 Å². The Morgan fingerprint density at radius 3 is 1.26 bits per heavy atom. The lowest BCUT2D eigenvalue weighted by Gasteiger charge is -2.45. The maximum Gasteiger partial charge on any atom is 0.252 e. The predicted molar refractivity (Wildman–Crippen MR) is 518 cm³/mol. The van der Waals surface area contributed by atoms with Gasteiger partial charge in [-0.1, -0.05) is 238 Å². The van der Waals surface area contributed by atoms with Crippen LogP contribution in [-0.4, -0.2) is 78.6 Å². The lowest BCUT2D eigenvalue weighted by molar-refractivity contribution is 0.590. The van der Waals surface area contributed by atoms with E-state index < -0.39 is 0 Å². The predicted octanol–water partition coefficient (Wildman–Crippen LogP) is 10.5. The SMILES string of the molecule is Bc1c(B)c(B)c2c(c1B)c1c(B)c(B)c(B)c(B)c1n2-c1ccc2c(c1)N(c1ccc(C(C)(C)C)cc1-c1ccccc1)c1cc(-c3cc(-n4c5ccccc5c5ccccc54)ccc3C#N)cc3c1B2c1ccc(-c2cc(C#N)ccc2N(c2ccccc2)c2ccccc2)cc1N3c1ccc(C(C)(C)C)cc1-c1ccccc1. The smallest absolute Gasteiger partial charge is 0.252 e. The summed E-state index contributed by atoms with van der Waals surface area (Å²) < 4.78 is 4.99. The van der Waals surface area contributed by atoms with E-state index in [4.69, 9.17) is 0 Å². The normalized spacial score (nSPS) is 12.4. The standard InChI is InChI=1S/C100H82B9N7/c1-99(2,3)63-38-45-80(73(51-63)58-23-11-7-12-24-58)115-82-48-60(72-47-57(55-110)35-44-79(72)112(65-27-15-9-16-28-65)66-29-17-10-18-30-66)37-42-75(82)109-76-43-41-68(114-97-86(88(101)90(103)92(105)94(97)107)87-89(102)91(104)93(106)95(108)98(87)114)54-83(76)116(81-46-39-64(100(4,5)6)52-74(81)59-25-13-8-14-26-59)85-50-62(49-84(115)96(85)109)71-53-67(40-36-61(71)56-111)113-77-33-21-19-31-69(77)70-32-20-22-34-78(70)113/h7-54H,101-108H2,1-6H3. The first-order valence-electron chi connectivity index (χ1n) is 40.5. The highest BCUT2D eigenvalue weighted by atomic mass is 15.2. The zero-order valence-corrected chi connectivity index (χ0v) is 68.4. The van der Waals surface area contributed by atoms with Crippen molar-refractivity contribution in [2.45, 2.75) is 52.4 Å². The molecule has 17 aromatic rings. The Hall–Kier alpha value is -13.1. The van der Waals surface area contributed by atoms with Crippen LogP contribution in [0, 0.1) is 22.7 Å². The van der Waals surface area contributed by atoms with Crippen LogP contribution < -0.4 is 74.8 Å². The molecule has 15 aromatic carbocycles. The maximum atomic E-state index is 12.0. The third-order valence-corrected chi connectivity index (χ3v) is 25.7. The molecule has 0 radical (unpaired) electrons. The van der Waals surface area contributed by atoms with Crippen molar-refractivity contribution in [3.05, 3.63) is 313 Å². The average Bonchev–Trinajstić information content (AvgIpc) is 0.825. The molecule has 2 aliphatic rings. The van der Waals surface area contributed by atoms with Crippen molar-refractivity contribution < 1.29 is 0 Å². The molecule has 0 amide bonds. The number of hydrogen-bond donors (Lipinski definition) is 0. The van der Waals surface area contributed by atoms with Crippen molar-refractivity contribution in [2.75, 3.05) is 14.7 Å². The van der Waals surface area contributed by atoms with Gasteiger partial charge in [0.25, 0.3) is 6.71 Å². The highest BCUT2D eigenvalue weighted by Gasteiger charge is 2.46. The molecule has 4 heterocycles. The molecule has 0 atom stereocenters. The van der Waals surface area contributed by atoms with Gasteiger partial charge in [-0.3, -0.25) is 0 Å². The van der Waals surface area contributed by atoms with E-state index in [0.717, 1.165) is 145 Å². The molecule has 0 saturated heterocycles. The molecule has 0 saturated carbocycles. The number of para-hydroxylation sites is 4. The van der Waals surface area contributed by atoms with Crippen molar-refractivity contribution in [1.82, 2.24) is 9.13 Å². The van der Waals surface area contributed by atoms with Gasteiger partial charge in [0.1, 0.15) is 62.8 Å². The van der Waals surface area contributed by atoms with Gasteiger partial charge in [0.2, 0.25) is 0 Å². The Bertz CT molecular complexity index is 6900. The molecular weight excluding hydrogens is 1400 g/mol. The van der Waals surface area contributed by atoms with E-state index >= 15 is 0 Å². The van der Waals surface area contributed by atoms with Gasteiger partial charge in [-0.2, -0.15) is 10.5 Å². The van der Waals surface area contributed by atoms with E-state index in [2.05, 4.69) is 419 Å². The molecular formula is C100H82B9N7. The number of fused-ring (bicyclic) bond motifs is 10. The summed E-state index contributed by atoms with van der Waals surface area (Å²) in [5, 5.41) is 28.0. The molecule has 0 spiro atoms. The maximum absolute atomic E-state index is 12.0. The summed E-state index contributed by atoms with van der Waals surface area (Å²) in [5.74, 6) is 0.